The van der Waals surface area contributed by atoms with Gasteiger partial charge in [-0.15, -0.1) is 0 Å². The molecule has 0 unspecified atom stereocenters. The number of hydrogen-bond donors (Lipinski definition) is 1. The summed E-state index contributed by atoms with van der Waals surface area (Å²) in [5.74, 6) is -0.191. The highest BCUT2D eigenvalue weighted by Crippen LogP contribution is 2.31. The van der Waals surface area contributed by atoms with E-state index in [1.807, 2.05) is 51.1 Å². The molecule has 1 amide bonds. The third kappa shape index (κ3) is 3.75. The average Bonchev–Trinajstić information content (AvgIpc) is 2.63. The number of nitrogens with zero attached hydrogens (tertiary/aromatic N) is 2. The number of rotatable bonds is 4. The summed E-state index contributed by atoms with van der Waals surface area (Å²) in [6.07, 6.45) is 2.57. The number of halogens is 1. The zero-order valence-corrected chi connectivity index (χ0v) is 15.8. The highest BCUT2D eigenvalue weighted by Gasteiger charge is 2.13. The quantitative estimate of drug-likeness (QED) is 0.688. The Morgan fingerprint density at radius 1 is 1.15 bits per heavy atom. The Bertz CT molecular complexity index is 969. The molecule has 1 aromatic carbocycles. The summed E-state index contributed by atoms with van der Waals surface area (Å²) < 4.78 is 0. The molecule has 0 aliphatic rings. The Morgan fingerprint density at radius 3 is 2.65 bits per heavy atom. The third-order valence-electron chi connectivity index (χ3n) is 4.24. The zero-order chi connectivity index (χ0) is 18.7. The summed E-state index contributed by atoms with van der Waals surface area (Å²) in [4.78, 5) is 21.5. The van der Waals surface area contributed by atoms with E-state index in [0.717, 1.165) is 34.6 Å². The molecule has 132 valence electrons. The molecular formula is C21H20ClN3O. The zero-order valence-electron chi connectivity index (χ0n) is 15.0. The van der Waals surface area contributed by atoms with E-state index in [2.05, 4.69) is 15.3 Å². The number of nitrogens with one attached hydrogen (secondary N) is 1. The number of anilines is 1. The van der Waals surface area contributed by atoms with Crippen LogP contribution in [-0.4, -0.2) is 15.9 Å². The van der Waals surface area contributed by atoms with Gasteiger partial charge in [-0.2, -0.15) is 0 Å². The normalized spacial score (nSPS) is 10.6. The van der Waals surface area contributed by atoms with Crippen molar-refractivity contribution >= 4 is 23.2 Å². The minimum absolute atomic E-state index is 0.191. The first-order valence-corrected chi connectivity index (χ1v) is 8.86. The second-order valence-electron chi connectivity index (χ2n) is 6.11. The van der Waals surface area contributed by atoms with Crippen LogP contribution in [0.15, 0.2) is 48.7 Å². The predicted octanol–water partition coefficient (Wildman–Crippen LogP) is 5.23. The number of carbonyl (C=O) groups excluding carboxylic acids is 1. The number of aryl methyl sites for hydroxylation is 3. The van der Waals surface area contributed by atoms with E-state index in [0.29, 0.717) is 16.3 Å². The van der Waals surface area contributed by atoms with Gasteiger partial charge in [-0.05, 0) is 62.2 Å². The SMILES string of the molecule is CCc1ccc(C(=O)Nc2ccc(Cl)c(-c3ncccc3C)c2)c(C)n1. The molecule has 5 heteroatoms. The summed E-state index contributed by atoms with van der Waals surface area (Å²) in [6.45, 7) is 5.86. The van der Waals surface area contributed by atoms with E-state index >= 15 is 0 Å². The number of aromatic nitrogens is 2. The second kappa shape index (κ2) is 7.67. The summed E-state index contributed by atoms with van der Waals surface area (Å²) in [6, 6.07) is 13.0. The largest absolute Gasteiger partial charge is 0.322 e. The first kappa shape index (κ1) is 18.1. The topological polar surface area (TPSA) is 54.9 Å². The maximum absolute atomic E-state index is 12.6. The standard InChI is InChI=1S/C21H20ClN3O/c1-4-15-7-9-17(14(3)24-15)21(26)25-16-8-10-19(22)18(12-16)20-13(2)6-5-11-23-20/h5-12H,4H2,1-3H3,(H,25,26). The van der Waals surface area contributed by atoms with E-state index in [1.54, 1.807) is 18.3 Å². The van der Waals surface area contributed by atoms with E-state index in [9.17, 15) is 4.79 Å². The van der Waals surface area contributed by atoms with Crippen LogP contribution >= 0.6 is 11.6 Å². The molecule has 0 radical (unpaired) electrons. The van der Waals surface area contributed by atoms with E-state index in [1.165, 1.54) is 0 Å². The smallest absolute Gasteiger partial charge is 0.257 e. The number of hydrogen-bond acceptors (Lipinski definition) is 3. The lowest BCUT2D eigenvalue weighted by Crippen LogP contribution is -2.14. The number of benzene rings is 1. The Labute approximate surface area is 158 Å². The minimum atomic E-state index is -0.191. The van der Waals surface area contributed by atoms with Crippen molar-refractivity contribution in [3.8, 4) is 11.3 Å². The molecular weight excluding hydrogens is 346 g/mol. The first-order valence-electron chi connectivity index (χ1n) is 8.49. The van der Waals surface area contributed by atoms with Gasteiger partial charge in [-0.3, -0.25) is 14.8 Å². The third-order valence-corrected chi connectivity index (χ3v) is 4.57. The average molecular weight is 366 g/mol. The molecule has 0 aliphatic carbocycles. The fraction of sp³-hybridized carbons (Fsp3) is 0.190. The van der Waals surface area contributed by atoms with Gasteiger partial charge in [-0.25, -0.2) is 0 Å². The second-order valence-corrected chi connectivity index (χ2v) is 6.51. The monoisotopic (exact) mass is 365 g/mol. The number of pyridine rings is 2. The molecule has 2 heterocycles. The van der Waals surface area contributed by atoms with Crippen LogP contribution in [0.4, 0.5) is 5.69 Å². The van der Waals surface area contributed by atoms with Crippen molar-refractivity contribution < 1.29 is 4.79 Å². The van der Waals surface area contributed by atoms with Gasteiger partial charge in [0.25, 0.3) is 5.91 Å². The molecule has 0 saturated heterocycles. The Balaban J connectivity index is 1.90. The molecule has 0 saturated carbocycles. The van der Waals surface area contributed by atoms with Crippen molar-refractivity contribution in [1.82, 2.24) is 9.97 Å². The van der Waals surface area contributed by atoms with Crippen molar-refractivity contribution in [3.05, 3.63) is 76.2 Å². The van der Waals surface area contributed by atoms with Crippen LogP contribution in [0.2, 0.25) is 5.02 Å². The maximum atomic E-state index is 12.6. The maximum Gasteiger partial charge on any atom is 0.257 e. The summed E-state index contributed by atoms with van der Waals surface area (Å²) in [5, 5.41) is 3.52. The van der Waals surface area contributed by atoms with Crippen LogP contribution in [0.5, 0.6) is 0 Å². The lowest BCUT2D eigenvalue weighted by Gasteiger charge is -2.12. The predicted molar refractivity (Wildman–Crippen MR) is 106 cm³/mol. The van der Waals surface area contributed by atoms with Crippen LogP contribution in [-0.2, 0) is 6.42 Å². The molecule has 0 bridgehead atoms. The molecule has 0 atom stereocenters. The van der Waals surface area contributed by atoms with Gasteiger partial charge in [0.05, 0.1) is 22.0 Å². The molecule has 4 nitrogen and oxygen atoms in total. The van der Waals surface area contributed by atoms with Crippen LogP contribution in [0, 0.1) is 13.8 Å². The van der Waals surface area contributed by atoms with E-state index in [-0.39, 0.29) is 5.91 Å². The molecule has 0 spiro atoms. The van der Waals surface area contributed by atoms with Gasteiger partial charge in [0.15, 0.2) is 0 Å². The van der Waals surface area contributed by atoms with Crippen molar-refractivity contribution in [2.75, 3.05) is 5.32 Å². The highest BCUT2D eigenvalue weighted by molar-refractivity contribution is 6.33. The van der Waals surface area contributed by atoms with Crippen LogP contribution in [0.1, 0.15) is 34.2 Å². The molecule has 3 rings (SSSR count). The molecule has 0 aliphatic heterocycles. The van der Waals surface area contributed by atoms with Gasteiger partial charge in [0.2, 0.25) is 0 Å². The fourth-order valence-electron chi connectivity index (χ4n) is 2.80. The van der Waals surface area contributed by atoms with E-state index in [4.69, 9.17) is 11.6 Å². The summed E-state index contributed by atoms with van der Waals surface area (Å²) in [5.41, 5.74) is 5.53. The fourth-order valence-corrected chi connectivity index (χ4v) is 3.01. The highest BCUT2D eigenvalue weighted by atomic mass is 35.5. The van der Waals surface area contributed by atoms with Gasteiger partial charge >= 0.3 is 0 Å². The lowest BCUT2D eigenvalue weighted by atomic mass is 10.1. The van der Waals surface area contributed by atoms with Crippen LogP contribution in [0.3, 0.4) is 0 Å². The Kier molecular flexibility index (Phi) is 5.33. The first-order chi connectivity index (χ1) is 12.5. The molecule has 1 N–H and O–H groups in total. The summed E-state index contributed by atoms with van der Waals surface area (Å²) in [7, 11) is 0. The molecule has 0 fully saturated rings. The lowest BCUT2D eigenvalue weighted by molar-refractivity contribution is 0.102. The van der Waals surface area contributed by atoms with Crippen molar-refractivity contribution in [2.24, 2.45) is 0 Å². The van der Waals surface area contributed by atoms with Gasteiger partial charge in [-0.1, -0.05) is 24.6 Å². The number of carbonyl (C=O) groups is 1. The van der Waals surface area contributed by atoms with E-state index < -0.39 is 0 Å². The minimum Gasteiger partial charge on any atom is -0.322 e. The van der Waals surface area contributed by atoms with Crippen LogP contribution in [0.25, 0.3) is 11.3 Å². The Morgan fingerprint density at radius 2 is 1.96 bits per heavy atom. The molecule has 3 aromatic rings. The summed E-state index contributed by atoms with van der Waals surface area (Å²) >= 11 is 6.35. The molecule has 26 heavy (non-hydrogen) atoms. The van der Waals surface area contributed by atoms with Crippen molar-refractivity contribution in [2.45, 2.75) is 27.2 Å². The van der Waals surface area contributed by atoms with Gasteiger partial charge in [0, 0.05) is 23.1 Å². The molecule has 2 aromatic heterocycles. The van der Waals surface area contributed by atoms with Crippen molar-refractivity contribution in [3.63, 3.8) is 0 Å². The van der Waals surface area contributed by atoms with Gasteiger partial charge < -0.3 is 5.32 Å². The van der Waals surface area contributed by atoms with Gasteiger partial charge in [0.1, 0.15) is 0 Å². The number of amides is 1. The van der Waals surface area contributed by atoms with Crippen LogP contribution < -0.4 is 5.32 Å². The van der Waals surface area contributed by atoms with Crippen molar-refractivity contribution in [1.29, 1.82) is 0 Å². The Hall–Kier alpha value is -2.72.